The Labute approximate surface area is 66.6 Å². The molecule has 0 aliphatic rings. The van der Waals surface area contributed by atoms with Gasteiger partial charge in [0.15, 0.2) is 5.65 Å². The van der Waals surface area contributed by atoms with Crippen LogP contribution in [0.25, 0.3) is 5.65 Å². The van der Waals surface area contributed by atoms with Crippen molar-refractivity contribution >= 4 is 5.65 Å². The minimum absolute atomic E-state index is 0.125. The lowest BCUT2D eigenvalue weighted by atomic mass is 10.4. The highest BCUT2D eigenvalue weighted by molar-refractivity contribution is 5.36. The second-order valence-corrected chi connectivity index (χ2v) is 2.47. The Morgan fingerprint density at radius 3 is 3.17 bits per heavy atom. The van der Waals surface area contributed by atoms with E-state index >= 15 is 0 Å². The molecule has 2 heterocycles. The number of nitrogens with one attached hydrogen (secondary N) is 1. The Morgan fingerprint density at radius 2 is 2.42 bits per heavy atom. The summed E-state index contributed by atoms with van der Waals surface area (Å²) in [7, 11) is 0. The average Bonchev–Trinajstić information content (AvgIpc) is 2.48. The van der Waals surface area contributed by atoms with Crippen molar-refractivity contribution in [3.63, 3.8) is 0 Å². The number of fused-ring (bicyclic) bond motifs is 1. The zero-order valence-corrected chi connectivity index (χ0v) is 6.34. The molecule has 0 bridgehead atoms. The molecule has 2 rings (SSSR count). The first-order valence-electron chi connectivity index (χ1n) is 3.42. The molecule has 0 atom stereocenters. The van der Waals surface area contributed by atoms with Gasteiger partial charge in [-0.15, -0.1) is 0 Å². The third-order valence-corrected chi connectivity index (χ3v) is 1.66. The van der Waals surface area contributed by atoms with Crippen LogP contribution in [-0.4, -0.2) is 14.6 Å². The monoisotopic (exact) mass is 167 g/mol. The fourth-order valence-corrected chi connectivity index (χ4v) is 1.05. The molecule has 0 aromatic carbocycles. The Bertz CT molecular complexity index is 485. The number of aromatic amines is 1. The number of rotatable bonds is 0. The predicted octanol–water partition coefficient (Wildman–Crippen LogP) is 0.470. The zero-order chi connectivity index (χ0) is 8.72. The van der Waals surface area contributed by atoms with Crippen LogP contribution >= 0.6 is 0 Å². The number of aromatic nitrogens is 3. The van der Waals surface area contributed by atoms with Gasteiger partial charge in [-0.05, 0) is 6.92 Å². The fraction of sp³-hybridized carbons (Fsp3) is 0.143. The Kier molecular flexibility index (Phi) is 1.27. The van der Waals surface area contributed by atoms with Crippen molar-refractivity contribution in [2.75, 3.05) is 0 Å². The van der Waals surface area contributed by atoms with E-state index in [1.807, 2.05) is 0 Å². The smallest absolute Gasteiger partial charge is 0.297 e. The average molecular weight is 167 g/mol. The number of hydrogen-bond donors (Lipinski definition) is 1. The standard InChI is InChI=1S/C7H6FN3O/c1-4-6(8)7(12)11-5(10-4)2-3-9-11/h2-3,9H,1H3. The van der Waals surface area contributed by atoms with Gasteiger partial charge >= 0.3 is 5.56 Å². The summed E-state index contributed by atoms with van der Waals surface area (Å²) in [4.78, 5) is 15.0. The SMILES string of the molecule is Cc1nc2cc[nH]n2c(=O)c1F. The Morgan fingerprint density at radius 1 is 1.67 bits per heavy atom. The molecule has 2 aromatic heterocycles. The highest BCUT2D eigenvalue weighted by Gasteiger charge is 2.07. The van der Waals surface area contributed by atoms with Gasteiger partial charge in [-0.1, -0.05) is 0 Å². The molecule has 0 radical (unpaired) electrons. The van der Waals surface area contributed by atoms with Crippen molar-refractivity contribution in [3.05, 3.63) is 34.1 Å². The van der Waals surface area contributed by atoms with Crippen molar-refractivity contribution < 1.29 is 4.39 Å². The van der Waals surface area contributed by atoms with Crippen LogP contribution in [0.3, 0.4) is 0 Å². The van der Waals surface area contributed by atoms with Crippen molar-refractivity contribution in [1.29, 1.82) is 0 Å². The summed E-state index contributed by atoms with van der Waals surface area (Å²) in [6, 6.07) is 1.60. The molecule has 0 aliphatic heterocycles. The number of hydrogen-bond acceptors (Lipinski definition) is 2. The van der Waals surface area contributed by atoms with Crippen LogP contribution in [-0.2, 0) is 0 Å². The van der Waals surface area contributed by atoms with Crippen LogP contribution in [0.4, 0.5) is 4.39 Å². The first kappa shape index (κ1) is 7.02. The Hall–Kier alpha value is -1.65. The van der Waals surface area contributed by atoms with Crippen molar-refractivity contribution in [3.8, 4) is 0 Å². The van der Waals surface area contributed by atoms with Crippen LogP contribution in [0, 0.1) is 12.7 Å². The first-order chi connectivity index (χ1) is 5.70. The minimum atomic E-state index is -0.810. The summed E-state index contributed by atoms with van der Waals surface area (Å²) in [6.45, 7) is 1.46. The summed E-state index contributed by atoms with van der Waals surface area (Å²) >= 11 is 0. The number of aryl methyl sites for hydroxylation is 1. The molecule has 62 valence electrons. The van der Waals surface area contributed by atoms with Gasteiger partial charge in [0.1, 0.15) is 0 Å². The molecule has 0 unspecified atom stereocenters. The van der Waals surface area contributed by atoms with E-state index in [1.54, 1.807) is 6.07 Å². The van der Waals surface area contributed by atoms with Crippen LogP contribution in [0.15, 0.2) is 17.1 Å². The zero-order valence-electron chi connectivity index (χ0n) is 6.34. The van der Waals surface area contributed by atoms with E-state index in [9.17, 15) is 9.18 Å². The van der Waals surface area contributed by atoms with Crippen molar-refractivity contribution in [1.82, 2.24) is 14.6 Å². The number of nitrogens with zero attached hydrogens (tertiary/aromatic N) is 2. The lowest BCUT2D eigenvalue weighted by molar-refractivity contribution is 0.579. The molecule has 0 aliphatic carbocycles. The van der Waals surface area contributed by atoms with Gasteiger partial charge in [0.2, 0.25) is 5.82 Å². The third kappa shape index (κ3) is 0.761. The molecule has 2 aromatic rings. The van der Waals surface area contributed by atoms with E-state index in [0.29, 0.717) is 5.65 Å². The molecule has 0 amide bonds. The van der Waals surface area contributed by atoms with Crippen LogP contribution < -0.4 is 5.56 Å². The van der Waals surface area contributed by atoms with Gasteiger partial charge in [-0.3, -0.25) is 9.89 Å². The van der Waals surface area contributed by atoms with Gasteiger partial charge in [0.25, 0.3) is 0 Å². The van der Waals surface area contributed by atoms with E-state index in [2.05, 4.69) is 10.1 Å². The molecule has 0 saturated heterocycles. The van der Waals surface area contributed by atoms with Crippen LogP contribution in [0.1, 0.15) is 5.69 Å². The lowest BCUT2D eigenvalue weighted by Crippen LogP contribution is -2.20. The van der Waals surface area contributed by atoms with Gasteiger partial charge < -0.3 is 0 Å². The van der Waals surface area contributed by atoms with E-state index in [4.69, 9.17) is 0 Å². The second-order valence-electron chi connectivity index (χ2n) is 2.47. The molecule has 0 saturated carbocycles. The molecular weight excluding hydrogens is 161 g/mol. The molecule has 0 fully saturated rings. The summed E-state index contributed by atoms with van der Waals surface area (Å²) in [5.74, 6) is -0.810. The maximum Gasteiger partial charge on any atom is 0.308 e. The molecule has 12 heavy (non-hydrogen) atoms. The summed E-state index contributed by atoms with van der Waals surface area (Å²) < 4.78 is 14.0. The van der Waals surface area contributed by atoms with Crippen LogP contribution in [0.2, 0.25) is 0 Å². The fourth-order valence-electron chi connectivity index (χ4n) is 1.05. The maximum atomic E-state index is 12.9. The minimum Gasteiger partial charge on any atom is -0.297 e. The van der Waals surface area contributed by atoms with Crippen LogP contribution in [0.5, 0.6) is 0 Å². The number of H-pyrrole nitrogens is 1. The normalized spacial score (nSPS) is 10.8. The molecule has 4 nitrogen and oxygen atoms in total. The van der Waals surface area contributed by atoms with Crippen molar-refractivity contribution in [2.45, 2.75) is 6.92 Å². The second kappa shape index (κ2) is 2.17. The summed E-state index contributed by atoms with van der Waals surface area (Å²) in [5.41, 5.74) is -0.138. The van der Waals surface area contributed by atoms with Gasteiger partial charge in [-0.25, -0.2) is 4.98 Å². The highest BCUT2D eigenvalue weighted by atomic mass is 19.1. The molecular formula is C7H6FN3O. The molecule has 5 heteroatoms. The Balaban J connectivity index is 3.05. The highest BCUT2D eigenvalue weighted by Crippen LogP contribution is 1.99. The molecule has 1 N–H and O–H groups in total. The van der Waals surface area contributed by atoms with E-state index < -0.39 is 11.4 Å². The number of halogens is 1. The topological polar surface area (TPSA) is 50.2 Å². The van der Waals surface area contributed by atoms with E-state index in [0.717, 1.165) is 4.52 Å². The van der Waals surface area contributed by atoms with E-state index in [1.165, 1.54) is 13.1 Å². The van der Waals surface area contributed by atoms with E-state index in [-0.39, 0.29) is 5.69 Å². The van der Waals surface area contributed by atoms with Crippen molar-refractivity contribution in [2.24, 2.45) is 0 Å². The largest absolute Gasteiger partial charge is 0.308 e. The summed E-state index contributed by atoms with van der Waals surface area (Å²) in [6.07, 6.45) is 1.53. The van der Waals surface area contributed by atoms with Gasteiger partial charge in [-0.2, -0.15) is 8.91 Å². The quantitative estimate of drug-likeness (QED) is 0.620. The molecule has 0 spiro atoms. The first-order valence-corrected chi connectivity index (χ1v) is 3.42. The third-order valence-electron chi connectivity index (χ3n) is 1.66. The van der Waals surface area contributed by atoms with Gasteiger partial charge in [0.05, 0.1) is 5.69 Å². The predicted molar refractivity (Wildman–Crippen MR) is 40.5 cm³/mol. The summed E-state index contributed by atoms with van der Waals surface area (Å²) in [5, 5.41) is 2.56. The maximum absolute atomic E-state index is 12.9. The lowest BCUT2D eigenvalue weighted by Gasteiger charge is -1.95. The van der Waals surface area contributed by atoms with Gasteiger partial charge in [0, 0.05) is 12.3 Å².